The van der Waals surface area contributed by atoms with Crippen molar-refractivity contribution >= 4 is 26.5 Å². The molecular formula is C17H18N4O3S2. The molecule has 0 bridgehead atoms. The number of hydrogen-bond acceptors (Lipinski definition) is 6. The van der Waals surface area contributed by atoms with Crippen molar-refractivity contribution in [3.8, 4) is 21.8 Å². The van der Waals surface area contributed by atoms with Gasteiger partial charge < -0.3 is 0 Å². The largest absolute Gasteiger partial charge is 0.268 e. The average molecular weight is 390 g/mol. The Hall–Kier alpha value is -2.52. The van der Waals surface area contributed by atoms with Crippen molar-refractivity contribution in [2.24, 2.45) is 0 Å². The molecule has 0 aliphatic heterocycles. The maximum Gasteiger partial charge on any atom is 0.267 e. The van der Waals surface area contributed by atoms with Crippen LogP contribution in [0.1, 0.15) is 19.9 Å². The lowest BCUT2D eigenvalue weighted by molar-refractivity contribution is 0.505. The first-order valence-corrected chi connectivity index (χ1v) is 10.6. The zero-order valence-corrected chi connectivity index (χ0v) is 16.1. The molecule has 9 heteroatoms. The summed E-state index contributed by atoms with van der Waals surface area (Å²) in [5.74, 6) is 0. The molecule has 0 atom stereocenters. The maximum absolute atomic E-state index is 12.0. The molecule has 1 aromatic carbocycles. The van der Waals surface area contributed by atoms with Gasteiger partial charge in [0.15, 0.2) is 5.13 Å². The van der Waals surface area contributed by atoms with Gasteiger partial charge in [0.05, 0.1) is 22.9 Å². The monoisotopic (exact) mass is 390 g/mol. The zero-order chi connectivity index (χ0) is 18.9. The van der Waals surface area contributed by atoms with Crippen LogP contribution in [0.5, 0.6) is 0 Å². The van der Waals surface area contributed by atoms with Crippen molar-refractivity contribution in [3.63, 3.8) is 0 Å². The summed E-state index contributed by atoms with van der Waals surface area (Å²) < 4.78 is 27.0. The van der Waals surface area contributed by atoms with Gasteiger partial charge in [-0.2, -0.15) is 5.10 Å². The van der Waals surface area contributed by atoms with Gasteiger partial charge in [0, 0.05) is 11.6 Å². The van der Waals surface area contributed by atoms with E-state index >= 15 is 0 Å². The fourth-order valence-corrected chi connectivity index (χ4v) is 4.19. The summed E-state index contributed by atoms with van der Waals surface area (Å²) in [5, 5.41) is 4.69. The molecule has 136 valence electrons. The van der Waals surface area contributed by atoms with Crippen molar-refractivity contribution < 1.29 is 8.42 Å². The predicted octanol–water partition coefficient (Wildman–Crippen LogP) is 2.99. The lowest BCUT2D eigenvalue weighted by Gasteiger charge is -2.09. The van der Waals surface area contributed by atoms with Crippen LogP contribution in [0.15, 0.2) is 47.3 Å². The van der Waals surface area contributed by atoms with Crippen molar-refractivity contribution in [1.29, 1.82) is 0 Å². The van der Waals surface area contributed by atoms with E-state index < -0.39 is 10.0 Å². The van der Waals surface area contributed by atoms with Crippen LogP contribution in [0.4, 0.5) is 5.13 Å². The number of hydrogen-bond donors (Lipinski definition) is 1. The van der Waals surface area contributed by atoms with Crippen LogP contribution in [-0.2, 0) is 10.0 Å². The van der Waals surface area contributed by atoms with Crippen molar-refractivity contribution in [2.75, 3.05) is 11.0 Å². The van der Waals surface area contributed by atoms with Crippen LogP contribution in [0, 0.1) is 0 Å². The molecule has 0 radical (unpaired) electrons. The first kappa shape index (κ1) is 18.3. The van der Waals surface area contributed by atoms with Gasteiger partial charge in [-0.3, -0.25) is 9.52 Å². The van der Waals surface area contributed by atoms with Gasteiger partial charge in [0.1, 0.15) is 5.69 Å². The lowest BCUT2D eigenvalue weighted by atomic mass is 10.1. The van der Waals surface area contributed by atoms with E-state index in [1.165, 1.54) is 22.1 Å². The number of rotatable bonds is 5. The number of thiazole rings is 1. The van der Waals surface area contributed by atoms with Crippen LogP contribution in [0.3, 0.4) is 0 Å². The van der Waals surface area contributed by atoms with Crippen LogP contribution in [0.2, 0.25) is 0 Å². The van der Waals surface area contributed by atoms with Crippen LogP contribution >= 0.6 is 11.3 Å². The number of aromatic nitrogens is 3. The van der Waals surface area contributed by atoms with Gasteiger partial charge in [-0.25, -0.2) is 18.1 Å². The Kier molecular flexibility index (Phi) is 4.92. The number of anilines is 1. The van der Waals surface area contributed by atoms with Crippen molar-refractivity contribution in [1.82, 2.24) is 14.8 Å². The second-order valence-corrected chi connectivity index (χ2v) is 8.78. The van der Waals surface area contributed by atoms with Crippen LogP contribution < -0.4 is 10.3 Å². The summed E-state index contributed by atoms with van der Waals surface area (Å²) in [6.07, 6.45) is 1.08. The molecule has 7 nitrogen and oxygen atoms in total. The first-order valence-electron chi connectivity index (χ1n) is 7.89. The Morgan fingerprint density at radius 1 is 1.12 bits per heavy atom. The molecule has 26 heavy (non-hydrogen) atoms. The summed E-state index contributed by atoms with van der Waals surface area (Å²) in [4.78, 5) is 17.1. The Labute approximate surface area is 155 Å². The van der Waals surface area contributed by atoms with E-state index in [-0.39, 0.29) is 16.7 Å². The van der Waals surface area contributed by atoms with E-state index in [2.05, 4.69) is 14.8 Å². The molecule has 0 saturated carbocycles. The summed E-state index contributed by atoms with van der Waals surface area (Å²) in [6, 6.07) is 12.4. The molecule has 0 aliphatic rings. The highest BCUT2D eigenvalue weighted by atomic mass is 32.2. The molecule has 3 rings (SSSR count). The fourth-order valence-electron chi connectivity index (χ4n) is 2.40. The van der Waals surface area contributed by atoms with Gasteiger partial charge in [0.25, 0.3) is 5.56 Å². The van der Waals surface area contributed by atoms with E-state index in [1.807, 2.05) is 44.2 Å². The second-order valence-electron chi connectivity index (χ2n) is 6.03. The molecular weight excluding hydrogens is 372 g/mol. The SMILES string of the molecule is CC(C)n1nc(-c2sc(NS(C)(=O)=O)nc2-c2ccccc2)ccc1=O. The van der Waals surface area contributed by atoms with Crippen LogP contribution in [-0.4, -0.2) is 29.4 Å². The molecule has 0 unspecified atom stereocenters. The van der Waals surface area contributed by atoms with Gasteiger partial charge in [-0.1, -0.05) is 41.7 Å². The average Bonchev–Trinajstić information content (AvgIpc) is 2.97. The van der Waals surface area contributed by atoms with Crippen molar-refractivity contribution in [3.05, 3.63) is 52.8 Å². The van der Waals surface area contributed by atoms with E-state index in [0.29, 0.717) is 16.3 Å². The molecule has 1 N–H and O–H groups in total. The molecule has 2 heterocycles. The molecule has 0 amide bonds. The Balaban J connectivity index is 2.19. The quantitative estimate of drug-likeness (QED) is 0.723. The number of nitrogens with one attached hydrogen (secondary N) is 1. The first-order chi connectivity index (χ1) is 12.2. The minimum absolute atomic E-state index is 0.0934. The summed E-state index contributed by atoms with van der Waals surface area (Å²) >= 11 is 1.18. The van der Waals surface area contributed by atoms with Gasteiger partial charge in [-0.05, 0) is 19.9 Å². The molecule has 2 aromatic heterocycles. The van der Waals surface area contributed by atoms with Crippen LogP contribution in [0.25, 0.3) is 21.8 Å². The number of nitrogens with zero attached hydrogens (tertiary/aromatic N) is 3. The van der Waals surface area contributed by atoms with E-state index in [1.54, 1.807) is 6.07 Å². The summed E-state index contributed by atoms with van der Waals surface area (Å²) in [6.45, 7) is 3.75. The van der Waals surface area contributed by atoms with E-state index in [4.69, 9.17) is 0 Å². The molecule has 0 aliphatic carbocycles. The summed E-state index contributed by atoms with van der Waals surface area (Å²) in [5.41, 5.74) is 1.83. The summed E-state index contributed by atoms with van der Waals surface area (Å²) in [7, 11) is -3.45. The van der Waals surface area contributed by atoms with Crippen molar-refractivity contribution in [2.45, 2.75) is 19.9 Å². The van der Waals surface area contributed by atoms with Gasteiger partial charge >= 0.3 is 0 Å². The van der Waals surface area contributed by atoms with E-state index in [0.717, 1.165) is 11.8 Å². The zero-order valence-electron chi connectivity index (χ0n) is 14.5. The second kappa shape index (κ2) is 7.00. The molecule has 0 spiro atoms. The normalized spacial score (nSPS) is 11.7. The Morgan fingerprint density at radius 2 is 1.81 bits per heavy atom. The third-order valence-electron chi connectivity index (χ3n) is 3.49. The highest BCUT2D eigenvalue weighted by Gasteiger charge is 2.19. The molecule has 0 saturated heterocycles. The minimum atomic E-state index is -3.45. The number of benzene rings is 1. The Morgan fingerprint density at radius 3 is 2.42 bits per heavy atom. The third-order valence-corrected chi connectivity index (χ3v) is 5.18. The Bertz CT molecular complexity index is 1090. The highest BCUT2D eigenvalue weighted by molar-refractivity contribution is 7.92. The van der Waals surface area contributed by atoms with Gasteiger partial charge in [0.2, 0.25) is 10.0 Å². The van der Waals surface area contributed by atoms with E-state index in [9.17, 15) is 13.2 Å². The highest BCUT2D eigenvalue weighted by Crippen LogP contribution is 2.38. The predicted molar refractivity (Wildman–Crippen MR) is 104 cm³/mol. The molecule has 3 aromatic rings. The minimum Gasteiger partial charge on any atom is -0.268 e. The lowest BCUT2D eigenvalue weighted by Crippen LogP contribution is -2.23. The number of sulfonamides is 1. The third kappa shape index (κ3) is 4.00. The maximum atomic E-state index is 12.0. The fraction of sp³-hybridized carbons (Fsp3) is 0.235. The smallest absolute Gasteiger partial charge is 0.267 e. The molecule has 0 fully saturated rings. The van der Waals surface area contributed by atoms with Gasteiger partial charge in [-0.15, -0.1) is 0 Å². The topological polar surface area (TPSA) is 93.9 Å². The standard InChI is InChI=1S/C17H18N4O3S2/c1-11(2)21-14(22)10-9-13(19-21)16-15(12-7-5-4-6-8-12)18-17(25-16)20-26(3,23)24/h4-11H,1-3H3,(H,18,20).